The van der Waals surface area contributed by atoms with Crippen LogP contribution in [0.5, 0.6) is 0 Å². The summed E-state index contributed by atoms with van der Waals surface area (Å²) in [4.78, 5) is 7.28. The average molecular weight is 444 g/mol. The first-order valence-electron chi connectivity index (χ1n) is 8.97. The molecule has 1 atom stereocenters. The van der Waals surface area contributed by atoms with Crippen molar-refractivity contribution in [2.24, 2.45) is 10.9 Å². The number of hydrogen-bond acceptors (Lipinski definition) is 2. The molecule has 0 amide bonds. The molecule has 4 nitrogen and oxygen atoms in total. The monoisotopic (exact) mass is 444 g/mol. The van der Waals surface area contributed by atoms with Crippen LogP contribution in [0.2, 0.25) is 0 Å². The fourth-order valence-corrected chi connectivity index (χ4v) is 3.06. The molecule has 0 radical (unpaired) electrons. The van der Waals surface area contributed by atoms with E-state index in [1.165, 1.54) is 43.6 Å². The first-order valence-corrected chi connectivity index (χ1v) is 8.97. The second-order valence-electron chi connectivity index (χ2n) is 6.68. The summed E-state index contributed by atoms with van der Waals surface area (Å²) in [5, 5.41) is 6.83. The molecule has 2 rings (SSSR count). The third-order valence-electron chi connectivity index (χ3n) is 4.23. The van der Waals surface area contributed by atoms with Crippen molar-refractivity contribution in [2.45, 2.75) is 40.2 Å². The normalized spacial score (nSPS) is 16.5. The molecule has 0 spiro atoms. The summed E-state index contributed by atoms with van der Waals surface area (Å²) >= 11 is 0. The largest absolute Gasteiger partial charge is 0.357 e. The second-order valence-corrected chi connectivity index (χ2v) is 6.68. The molecule has 1 aromatic rings. The maximum Gasteiger partial charge on any atom is 0.191 e. The zero-order chi connectivity index (χ0) is 16.5. The number of benzene rings is 1. The fourth-order valence-electron chi connectivity index (χ4n) is 3.06. The minimum atomic E-state index is 0. The number of halogens is 1. The zero-order valence-electron chi connectivity index (χ0n) is 15.3. The van der Waals surface area contributed by atoms with Crippen molar-refractivity contribution in [3.05, 3.63) is 35.4 Å². The van der Waals surface area contributed by atoms with Gasteiger partial charge in [0.25, 0.3) is 0 Å². The molecule has 2 N–H and O–H groups in total. The van der Waals surface area contributed by atoms with Gasteiger partial charge in [0.15, 0.2) is 5.96 Å². The first kappa shape index (κ1) is 21.2. The summed E-state index contributed by atoms with van der Waals surface area (Å²) < 4.78 is 0. The van der Waals surface area contributed by atoms with Crippen molar-refractivity contribution in [3.8, 4) is 0 Å². The maximum atomic E-state index is 4.71. The summed E-state index contributed by atoms with van der Waals surface area (Å²) in [6.45, 7) is 12.8. The van der Waals surface area contributed by atoms with E-state index in [4.69, 9.17) is 4.99 Å². The Morgan fingerprint density at radius 3 is 2.67 bits per heavy atom. The lowest BCUT2D eigenvalue weighted by Crippen LogP contribution is -2.41. The van der Waals surface area contributed by atoms with Crippen LogP contribution in [0.3, 0.4) is 0 Å². The van der Waals surface area contributed by atoms with E-state index in [2.05, 4.69) is 60.6 Å². The predicted molar refractivity (Wildman–Crippen MR) is 114 cm³/mol. The number of likely N-dealkylation sites (tertiary alicyclic amines) is 1. The highest BCUT2D eigenvalue weighted by atomic mass is 127. The Hall–Kier alpha value is -0.820. The van der Waals surface area contributed by atoms with Gasteiger partial charge in [-0.25, -0.2) is 4.99 Å². The summed E-state index contributed by atoms with van der Waals surface area (Å²) in [7, 11) is 0. The van der Waals surface area contributed by atoms with Crippen molar-refractivity contribution in [3.63, 3.8) is 0 Å². The number of nitrogens with zero attached hydrogens (tertiary/aromatic N) is 2. The molecule has 1 aliphatic heterocycles. The number of aryl methyl sites for hydroxylation is 1. The van der Waals surface area contributed by atoms with Gasteiger partial charge < -0.3 is 15.5 Å². The van der Waals surface area contributed by atoms with Crippen LogP contribution in [-0.2, 0) is 6.54 Å². The Balaban J connectivity index is 0.00000288. The molecule has 1 unspecified atom stereocenters. The van der Waals surface area contributed by atoms with Gasteiger partial charge >= 0.3 is 0 Å². The van der Waals surface area contributed by atoms with Crippen LogP contribution in [0.15, 0.2) is 29.3 Å². The Labute approximate surface area is 164 Å². The van der Waals surface area contributed by atoms with Crippen LogP contribution in [0.1, 0.15) is 37.8 Å². The minimum absolute atomic E-state index is 0. The van der Waals surface area contributed by atoms with Crippen LogP contribution < -0.4 is 10.6 Å². The zero-order valence-corrected chi connectivity index (χ0v) is 17.7. The highest BCUT2D eigenvalue weighted by Crippen LogP contribution is 2.09. The SMILES string of the molecule is CCNC(=NCc1cccc(C)c1)NCC(C)CN1CCCC1.I. The van der Waals surface area contributed by atoms with Gasteiger partial charge in [-0.3, -0.25) is 0 Å². The van der Waals surface area contributed by atoms with Gasteiger partial charge in [-0.05, 0) is 51.3 Å². The van der Waals surface area contributed by atoms with E-state index in [0.717, 1.165) is 25.6 Å². The molecular formula is C19H33IN4. The van der Waals surface area contributed by atoms with Gasteiger partial charge in [0, 0.05) is 19.6 Å². The quantitative estimate of drug-likeness (QED) is 0.385. The third-order valence-corrected chi connectivity index (χ3v) is 4.23. The van der Waals surface area contributed by atoms with E-state index in [0.29, 0.717) is 5.92 Å². The summed E-state index contributed by atoms with van der Waals surface area (Å²) in [6, 6.07) is 8.55. The van der Waals surface area contributed by atoms with E-state index in [9.17, 15) is 0 Å². The summed E-state index contributed by atoms with van der Waals surface area (Å²) in [5.41, 5.74) is 2.54. The maximum absolute atomic E-state index is 4.71. The van der Waals surface area contributed by atoms with Crippen molar-refractivity contribution in [2.75, 3.05) is 32.7 Å². The molecule has 24 heavy (non-hydrogen) atoms. The van der Waals surface area contributed by atoms with E-state index >= 15 is 0 Å². The molecule has 136 valence electrons. The van der Waals surface area contributed by atoms with Gasteiger partial charge in [-0.1, -0.05) is 36.8 Å². The number of aliphatic imine (C=N–C) groups is 1. The van der Waals surface area contributed by atoms with E-state index in [1.807, 2.05) is 0 Å². The van der Waals surface area contributed by atoms with Crippen LogP contribution in [-0.4, -0.2) is 43.6 Å². The van der Waals surface area contributed by atoms with Crippen LogP contribution in [0, 0.1) is 12.8 Å². The number of rotatable bonds is 7. The standard InChI is InChI=1S/C19H32N4.HI/c1-4-20-19(22-14-18-9-7-8-16(2)12-18)21-13-17(3)15-23-10-5-6-11-23;/h7-9,12,17H,4-6,10-11,13-15H2,1-3H3,(H2,20,21,22);1H. The lowest BCUT2D eigenvalue weighted by molar-refractivity contribution is 0.287. The molecular weight excluding hydrogens is 411 g/mol. The van der Waals surface area contributed by atoms with Gasteiger partial charge in [-0.2, -0.15) is 0 Å². The van der Waals surface area contributed by atoms with E-state index in [-0.39, 0.29) is 24.0 Å². The first-order chi connectivity index (χ1) is 11.2. The van der Waals surface area contributed by atoms with Crippen molar-refractivity contribution >= 4 is 29.9 Å². The lowest BCUT2D eigenvalue weighted by atomic mass is 10.1. The third kappa shape index (κ3) is 7.83. The molecule has 0 saturated carbocycles. The van der Waals surface area contributed by atoms with Gasteiger partial charge in [-0.15, -0.1) is 24.0 Å². The number of nitrogens with one attached hydrogen (secondary N) is 2. The van der Waals surface area contributed by atoms with E-state index in [1.54, 1.807) is 0 Å². The van der Waals surface area contributed by atoms with E-state index < -0.39 is 0 Å². The highest BCUT2D eigenvalue weighted by molar-refractivity contribution is 14.0. The lowest BCUT2D eigenvalue weighted by Gasteiger charge is -2.21. The van der Waals surface area contributed by atoms with Crippen molar-refractivity contribution in [1.29, 1.82) is 0 Å². The molecule has 5 heteroatoms. The van der Waals surface area contributed by atoms with Crippen molar-refractivity contribution in [1.82, 2.24) is 15.5 Å². The van der Waals surface area contributed by atoms with Crippen LogP contribution in [0.25, 0.3) is 0 Å². The Bertz CT molecular complexity index is 498. The molecule has 1 aromatic carbocycles. The number of hydrogen-bond donors (Lipinski definition) is 2. The number of guanidine groups is 1. The van der Waals surface area contributed by atoms with Gasteiger partial charge in [0.05, 0.1) is 6.54 Å². The Kier molecular flexibility index (Phi) is 10.3. The predicted octanol–water partition coefficient (Wildman–Crippen LogP) is 3.40. The topological polar surface area (TPSA) is 39.7 Å². The molecule has 0 aromatic heterocycles. The molecule has 1 aliphatic rings. The summed E-state index contributed by atoms with van der Waals surface area (Å²) in [6.07, 6.45) is 2.72. The summed E-state index contributed by atoms with van der Waals surface area (Å²) in [5.74, 6) is 1.55. The second kappa shape index (κ2) is 11.7. The molecule has 1 heterocycles. The Morgan fingerprint density at radius 1 is 1.25 bits per heavy atom. The fraction of sp³-hybridized carbons (Fsp3) is 0.632. The molecule has 1 saturated heterocycles. The van der Waals surface area contributed by atoms with Gasteiger partial charge in [0.2, 0.25) is 0 Å². The van der Waals surface area contributed by atoms with Crippen LogP contribution in [0.4, 0.5) is 0 Å². The van der Waals surface area contributed by atoms with Crippen molar-refractivity contribution < 1.29 is 0 Å². The van der Waals surface area contributed by atoms with Gasteiger partial charge in [0.1, 0.15) is 0 Å². The molecule has 1 fully saturated rings. The molecule has 0 bridgehead atoms. The van der Waals surface area contributed by atoms with Crippen LogP contribution >= 0.6 is 24.0 Å². The highest BCUT2D eigenvalue weighted by Gasteiger charge is 2.14. The smallest absolute Gasteiger partial charge is 0.191 e. The molecule has 0 aliphatic carbocycles. The Morgan fingerprint density at radius 2 is 2.00 bits per heavy atom. The minimum Gasteiger partial charge on any atom is -0.357 e. The average Bonchev–Trinajstić information content (AvgIpc) is 3.03.